The largest absolute Gasteiger partial charge is 0.322 e. The number of rotatable bonds is 4. The van der Waals surface area contributed by atoms with Gasteiger partial charge in [-0.2, -0.15) is 0 Å². The summed E-state index contributed by atoms with van der Waals surface area (Å²) in [6.07, 6.45) is 5.43. The highest BCUT2D eigenvalue weighted by molar-refractivity contribution is 8.18. The van der Waals surface area contributed by atoms with Gasteiger partial charge in [-0.15, -0.1) is 0 Å². The van der Waals surface area contributed by atoms with Crippen LogP contribution < -0.4 is 5.32 Å². The van der Waals surface area contributed by atoms with Gasteiger partial charge in [0.1, 0.15) is 5.82 Å². The Morgan fingerprint density at radius 1 is 1.25 bits per heavy atom. The number of carbonyl (C=O) groups excluding carboxylic acids is 2. The van der Waals surface area contributed by atoms with E-state index >= 15 is 0 Å². The summed E-state index contributed by atoms with van der Waals surface area (Å²) in [5, 5.41) is 3.37. The number of amides is 2. The highest BCUT2D eigenvalue weighted by Gasteiger charge is 2.43. The zero-order valence-corrected chi connectivity index (χ0v) is 13.7. The second-order valence-electron chi connectivity index (χ2n) is 6.16. The van der Waals surface area contributed by atoms with Gasteiger partial charge in [0.25, 0.3) is 5.91 Å². The van der Waals surface area contributed by atoms with E-state index in [1.165, 1.54) is 42.1 Å². The molecule has 0 unspecified atom stereocenters. The molecule has 1 heterocycles. The van der Waals surface area contributed by atoms with Crippen LogP contribution in [0.5, 0.6) is 0 Å². The highest BCUT2D eigenvalue weighted by Crippen LogP contribution is 2.40. The molecule has 1 aliphatic heterocycles. The molecule has 7 heteroatoms. The van der Waals surface area contributed by atoms with E-state index in [4.69, 9.17) is 0 Å². The van der Waals surface area contributed by atoms with Gasteiger partial charge in [0.05, 0.1) is 10.9 Å². The number of aliphatic imine (C=N–C) groups is 1. The molecule has 1 saturated heterocycles. The molecule has 0 atom stereocenters. The van der Waals surface area contributed by atoms with Crippen molar-refractivity contribution in [2.24, 2.45) is 4.99 Å². The van der Waals surface area contributed by atoms with Crippen LogP contribution in [-0.2, 0) is 9.59 Å². The van der Waals surface area contributed by atoms with Crippen molar-refractivity contribution < 1.29 is 14.0 Å². The van der Waals surface area contributed by atoms with E-state index in [2.05, 4.69) is 10.3 Å². The second kappa shape index (κ2) is 6.05. The van der Waals surface area contributed by atoms with Gasteiger partial charge in [0, 0.05) is 17.8 Å². The van der Waals surface area contributed by atoms with Crippen molar-refractivity contribution in [1.29, 1.82) is 0 Å². The molecule has 0 radical (unpaired) electrons. The van der Waals surface area contributed by atoms with E-state index in [0.717, 1.165) is 30.9 Å². The smallest absolute Gasteiger partial charge is 0.267 e. The van der Waals surface area contributed by atoms with Crippen LogP contribution in [0.3, 0.4) is 0 Å². The Kier molecular flexibility index (Phi) is 3.88. The van der Waals surface area contributed by atoms with Crippen molar-refractivity contribution >= 4 is 34.4 Å². The van der Waals surface area contributed by atoms with Crippen LogP contribution in [0.15, 0.2) is 40.2 Å². The SMILES string of the molecule is O=C(/C=C1\SC(=NC2CC2)N(C2CC2)C1=O)Nc1ccc(F)cc1. The summed E-state index contributed by atoms with van der Waals surface area (Å²) in [4.78, 5) is 31.4. The van der Waals surface area contributed by atoms with Gasteiger partial charge in [-0.1, -0.05) is 0 Å². The topological polar surface area (TPSA) is 61.8 Å². The number of halogens is 1. The molecule has 2 saturated carbocycles. The summed E-state index contributed by atoms with van der Waals surface area (Å²) in [5.74, 6) is -0.911. The van der Waals surface area contributed by atoms with E-state index in [-0.39, 0.29) is 17.8 Å². The predicted molar refractivity (Wildman–Crippen MR) is 91.0 cm³/mol. The fourth-order valence-corrected chi connectivity index (χ4v) is 3.50. The minimum atomic E-state index is -0.402. The Balaban J connectivity index is 1.50. The van der Waals surface area contributed by atoms with Crippen LogP contribution in [0, 0.1) is 5.82 Å². The molecule has 2 amide bonds. The number of carbonyl (C=O) groups is 2. The minimum absolute atomic E-state index is 0.142. The van der Waals surface area contributed by atoms with Crippen LogP contribution in [-0.4, -0.2) is 34.0 Å². The number of thioether (sulfide) groups is 1. The molecule has 1 aromatic carbocycles. The average molecular weight is 345 g/mol. The molecule has 4 rings (SSSR count). The summed E-state index contributed by atoms with van der Waals surface area (Å²) < 4.78 is 12.9. The Morgan fingerprint density at radius 3 is 2.58 bits per heavy atom. The Bertz CT molecular complexity index is 752. The third-order valence-electron chi connectivity index (χ3n) is 3.96. The lowest BCUT2D eigenvalue weighted by molar-refractivity contribution is -0.123. The lowest BCUT2D eigenvalue weighted by Crippen LogP contribution is -2.31. The Morgan fingerprint density at radius 2 is 1.96 bits per heavy atom. The van der Waals surface area contributed by atoms with Crippen molar-refractivity contribution in [2.75, 3.05) is 5.32 Å². The Hall–Kier alpha value is -2.15. The normalized spacial score (nSPS) is 24.0. The molecule has 0 aromatic heterocycles. The van der Waals surface area contributed by atoms with E-state index in [9.17, 15) is 14.0 Å². The predicted octanol–water partition coefficient (Wildman–Crippen LogP) is 2.90. The number of anilines is 1. The summed E-state index contributed by atoms with van der Waals surface area (Å²) in [7, 11) is 0. The van der Waals surface area contributed by atoms with Crippen molar-refractivity contribution in [3.63, 3.8) is 0 Å². The number of nitrogens with zero attached hydrogens (tertiary/aromatic N) is 2. The molecule has 124 valence electrons. The monoisotopic (exact) mass is 345 g/mol. The maximum atomic E-state index is 12.9. The number of hydrogen-bond donors (Lipinski definition) is 1. The molecule has 3 aliphatic rings. The summed E-state index contributed by atoms with van der Waals surface area (Å²) in [6.45, 7) is 0. The van der Waals surface area contributed by atoms with Crippen LogP contribution in [0.2, 0.25) is 0 Å². The zero-order valence-electron chi connectivity index (χ0n) is 12.9. The lowest BCUT2D eigenvalue weighted by atomic mass is 10.3. The van der Waals surface area contributed by atoms with Gasteiger partial charge in [0.2, 0.25) is 5.91 Å². The quantitative estimate of drug-likeness (QED) is 0.854. The first-order valence-electron chi connectivity index (χ1n) is 7.97. The third kappa shape index (κ3) is 3.36. The maximum Gasteiger partial charge on any atom is 0.267 e. The molecule has 1 aromatic rings. The molecule has 2 aliphatic carbocycles. The summed E-state index contributed by atoms with van der Waals surface area (Å²) in [5.41, 5.74) is 0.486. The Labute approximate surface area is 143 Å². The number of amidine groups is 1. The molecule has 5 nitrogen and oxygen atoms in total. The van der Waals surface area contributed by atoms with Crippen LogP contribution in [0.1, 0.15) is 25.7 Å². The van der Waals surface area contributed by atoms with Crippen molar-refractivity contribution in [3.8, 4) is 0 Å². The van der Waals surface area contributed by atoms with E-state index < -0.39 is 5.91 Å². The van der Waals surface area contributed by atoms with Crippen LogP contribution >= 0.6 is 11.8 Å². The summed E-state index contributed by atoms with van der Waals surface area (Å²) in [6, 6.07) is 6.06. The zero-order chi connectivity index (χ0) is 16.7. The van der Waals surface area contributed by atoms with Gasteiger partial charge in [0.15, 0.2) is 5.17 Å². The van der Waals surface area contributed by atoms with Crippen molar-refractivity contribution in [2.45, 2.75) is 37.8 Å². The highest BCUT2D eigenvalue weighted by atomic mass is 32.2. The maximum absolute atomic E-state index is 12.9. The van der Waals surface area contributed by atoms with Crippen LogP contribution in [0.4, 0.5) is 10.1 Å². The van der Waals surface area contributed by atoms with Crippen molar-refractivity contribution in [1.82, 2.24) is 4.90 Å². The fraction of sp³-hybridized carbons (Fsp3) is 0.353. The number of nitrogens with one attached hydrogen (secondary N) is 1. The van der Waals surface area contributed by atoms with Gasteiger partial charge < -0.3 is 5.32 Å². The third-order valence-corrected chi connectivity index (χ3v) is 4.96. The number of hydrogen-bond acceptors (Lipinski definition) is 4. The molecular weight excluding hydrogens is 329 g/mol. The lowest BCUT2D eigenvalue weighted by Gasteiger charge is -2.13. The first-order chi connectivity index (χ1) is 11.6. The summed E-state index contributed by atoms with van der Waals surface area (Å²) >= 11 is 1.27. The van der Waals surface area contributed by atoms with Gasteiger partial charge in [-0.25, -0.2) is 4.39 Å². The van der Waals surface area contributed by atoms with E-state index in [1.54, 1.807) is 4.90 Å². The van der Waals surface area contributed by atoms with Gasteiger partial charge in [-0.3, -0.25) is 19.5 Å². The second-order valence-corrected chi connectivity index (χ2v) is 7.17. The average Bonchev–Trinajstić information content (AvgIpc) is 3.44. The fourth-order valence-electron chi connectivity index (χ4n) is 2.42. The minimum Gasteiger partial charge on any atom is -0.322 e. The first-order valence-corrected chi connectivity index (χ1v) is 8.79. The molecule has 0 bridgehead atoms. The molecule has 3 fully saturated rings. The van der Waals surface area contributed by atoms with Crippen LogP contribution in [0.25, 0.3) is 0 Å². The van der Waals surface area contributed by atoms with Gasteiger partial charge >= 0.3 is 0 Å². The first kappa shape index (κ1) is 15.4. The van der Waals surface area contributed by atoms with Crippen molar-refractivity contribution in [3.05, 3.63) is 41.1 Å². The molecule has 24 heavy (non-hydrogen) atoms. The molecule has 0 spiro atoms. The van der Waals surface area contributed by atoms with E-state index in [0.29, 0.717) is 16.6 Å². The standard InChI is InChI=1S/C17H16FN3O2S/c18-10-1-3-11(4-2-10)19-15(22)9-14-16(23)21(13-7-8-13)17(24-14)20-12-5-6-12/h1-4,9,12-13H,5-8H2,(H,19,22)/b14-9-,20-17?. The molecule has 1 N–H and O–H groups in total. The van der Waals surface area contributed by atoms with Gasteiger partial charge in [-0.05, 0) is 61.7 Å². The van der Waals surface area contributed by atoms with E-state index in [1.807, 2.05) is 0 Å². The number of benzene rings is 1. The molecular formula is C17H16FN3O2S.